The van der Waals surface area contributed by atoms with Gasteiger partial charge in [-0.3, -0.25) is 9.13 Å². The van der Waals surface area contributed by atoms with Crippen LogP contribution in [0.4, 0.5) is 0 Å². The zero-order chi connectivity index (χ0) is 44.3. The van der Waals surface area contributed by atoms with Gasteiger partial charge >= 0.3 is 0 Å². The smallest absolute Gasteiger partial charge is 0.165 e. The Labute approximate surface area is 386 Å². The monoisotopic (exact) mass is 857 g/mol. The van der Waals surface area contributed by atoms with Crippen LogP contribution in [-0.2, 0) is 0 Å². The first-order chi connectivity index (χ1) is 33.2. The van der Waals surface area contributed by atoms with Gasteiger partial charge < -0.3 is 4.57 Å². The van der Waals surface area contributed by atoms with E-state index in [-0.39, 0.29) is 0 Å². The van der Waals surface area contributed by atoms with Crippen LogP contribution in [0.5, 0.6) is 0 Å². The molecule has 314 valence electrons. The maximum absolute atomic E-state index is 5.67. The summed E-state index contributed by atoms with van der Waals surface area (Å²) in [6.07, 6.45) is 0. The fourth-order valence-electron chi connectivity index (χ4n) is 9.66. The van der Waals surface area contributed by atoms with Crippen molar-refractivity contribution >= 4 is 43.9 Å². The second-order valence-corrected chi connectivity index (χ2v) is 16.7. The number of hydrogen-bond donors (Lipinski definition) is 0. The van der Waals surface area contributed by atoms with Crippen LogP contribution in [0.3, 0.4) is 0 Å². The van der Waals surface area contributed by atoms with Gasteiger partial charge in [-0.1, -0.05) is 188 Å². The van der Waals surface area contributed by atoms with E-state index in [9.17, 15) is 0 Å². The molecule has 0 unspecified atom stereocenters. The van der Waals surface area contributed by atoms with Crippen molar-refractivity contribution in [3.8, 4) is 73.7 Å². The van der Waals surface area contributed by atoms with E-state index < -0.39 is 0 Å². The van der Waals surface area contributed by atoms with E-state index in [0.717, 1.165) is 83.6 Å². The van der Waals surface area contributed by atoms with Gasteiger partial charge in [0.2, 0.25) is 0 Å². The summed E-state index contributed by atoms with van der Waals surface area (Å²) in [6, 6.07) is 82.6. The lowest BCUT2D eigenvalue weighted by Gasteiger charge is -2.13. The largest absolute Gasteiger partial charge is 0.308 e. The van der Waals surface area contributed by atoms with Crippen LogP contribution >= 0.6 is 0 Å². The maximum Gasteiger partial charge on any atom is 0.165 e. The number of hydrogen-bond acceptors (Lipinski definition) is 4. The third kappa shape index (κ3) is 6.44. The molecule has 4 heterocycles. The summed E-state index contributed by atoms with van der Waals surface area (Å²) in [5.41, 5.74) is 14.2. The molecule has 0 bridgehead atoms. The van der Waals surface area contributed by atoms with Crippen molar-refractivity contribution in [3.05, 3.63) is 237 Å². The second kappa shape index (κ2) is 15.8. The van der Waals surface area contributed by atoms with Crippen molar-refractivity contribution in [2.24, 2.45) is 0 Å². The van der Waals surface area contributed by atoms with E-state index in [1.165, 1.54) is 16.5 Å². The Morgan fingerprint density at radius 2 is 0.761 bits per heavy atom. The highest BCUT2D eigenvalue weighted by Crippen LogP contribution is 2.44. The van der Waals surface area contributed by atoms with Gasteiger partial charge in [0.05, 0.1) is 21.9 Å². The highest BCUT2D eigenvalue weighted by molar-refractivity contribution is 6.25. The predicted octanol–water partition coefficient (Wildman–Crippen LogP) is 14.6. The fourth-order valence-corrected chi connectivity index (χ4v) is 9.66. The highest BCUT2D eigenvalue weighted by Gasteiger charge is 2.27. The normalized spacial score (nSPS) is 11.6. The van der Waals surface area contributed by atoms with Gasteiger partial charge in [0.1, 0.15) is 11.3 Å². The number of fused-ring (bicyclic) bond motifs is 7. The standard InChI is InChI=1S/C60H39N7/c1-6-19-40(20-7-1)41-33-35-47(36-34-41)65-51-32-17-16-31-49(51)50-37-38-52-53(54(50)65)55-60(64-59(44-25-12-4-13-26-44)67(55)46-28-14-5-15-29-46)66(52)48-30-18-27-45(39-48)58-62-56(42-21-8-2-9-22-42)61-57(63-58)43-23-10-3-11-24-43/h1-39H. The van der Waals surface area contributed by atoms with Crippen molar-refractivity contribution in [2.75, 3.05) is 0 Å². The van der Waals surface area contributed by atoms with E-state index in [1.54, 1.807) is 0 Å². The van der Waals surface area contributed by atoms with Gasteiger partial charge in [-0.05, 0) is 59.7 Å². The molecule has 9 aromatic carbocycles. The first kappa shape index (κ1) is 38.3. The lowest BCUT2D eigenvalue weighted by Crippen LogP contribution is -2.01. The molecule has 0 spiro atoms. The molecule has 0 aliphatic heterocycles. The van der Waals surface area contributed by atoms with Crippen LogP contribution in [0.1, 0.15) is 0 Å². The molecular formula is C60H39N7. The Balaban J connectivity index is 1.12. The SMILES string of the molecule is c1ccc(-c2ccc(-n3c4ccccc4c4ccc5c(c6c(nc(-c7ccccc7)n6-c6ccccc6)n5-c5cccc(-c6nc(-c7ccccc7)nc(-c7ccccc7)n6)c5)c43)cc2)cc1. The minimum Gasteiger partial charge on any atom is -0.308 e. The summed E-state index contributed by atoms with van der Waals surface area (Å²) >= 11 is 0. The zero-order valence-corrected chi connectivity index (χ0v) is 36.1. The number of para-hydroxylation sites is 2. The molecule has 0 N–H and O–H groups in total. The predicted molar refractivity (Wildman–Crippen MR) is 273 cm³/mol. The minimum atomic E-state index is 0.587. The summed E-state index contributed by atoms with van der Waals surface area (Å²) in [7, 11) is 0. The van der Waals surface area contributed by atoms with E-state index in [0.29, 0.717) is 17.5 Å². The van der Waals surface area contributed by atoms with Gasteiger partial charge in [0.15, 0.2) is 23.1 Å². The van der Waals surface area contributed by atoms with Crippen LogP contribution < -0.4 is 0 Å². The number of nitrogens with zero attached hydrogens (tertiary/aromatic N) is 7. The molecule has 0 amide bonds. The van der Waals surface area contributed by atoms with Gasteiger partial charge in [-0.2, -0.15) is 0 Å². The zero-order valence-electron chi connectivity index (χ0n) is 36.1. The summed E-state index contributed by atoms with van der Waals surface area (Å²) in [5, 5.41) is 3.44. The molecule has 4 aromatic heterocycles. The van der Waals surface area contributed by atoms with Crippen LogP contribution in [0, 0.1) is 0 Å². The second-order valence-electron chi connectivity index (χ2n) is 16.7. The van der Waals surface area contributed by atoms with Crippen LogP contribution in [0.2, 0.25) is 0 Å². The summed E-state index contributed by atoms with van der Waals surface area (Å²) < 4.78 is 7.10. The van der Waals surface area contributed by atoms with Crippen LogP contribution in [-0.4, -0.2) is 33.6 Å². The first-order valence-electron chi connectivity index (χ1n) is 22.5. The van der Waals surface area contributed by atoms with E-state index in [4.69, 9.17) is 19.9 Å². The molecule has 0 aliphatic carbocycles. The lowest BCUT2D eigenvalue weighted by molar-refractivity contribution is 1.07. The number of imidazole rings is 1. The van der Waals surface area contributed by atoms with Crippen molar-refractivity contribution in [1.29, 1.82) is 0 Å². The highest BCUT2D eigenvalue weighted by atomic mass is 15.2. The Hall–Kier alpha value is -9.20. The Morgan fingerprint density at radius 3 is 1.40 bits per heavy atom. The topological polar surface area (TPSA) is 66.3 Å². The molecule has 0 aliphatic rings. The molecule has 0 radical (unpaired) electrons. The number of benzene rings is 9. The van der Waals surface area contributed by atoms with Crippen molar-refractivity contribution < 1.29 is 0 Å². The fraction of sp³-hybridized carbons (Fsp3) is 0. The number of rotatable bonds is 8. The third-order valence-electron chi connectivity index (χ3n) is 12.7. The molecule has 0 atom stereocenters. The quantitative estimate of drug-likeness (QED) is 0.153. The van der Waals surface area contributed by atoms with Crippen molar-refractivity contribution in [1.82, 2.24) is 33.6 Å². The average molecular weight is 858 g/mol. The molecule has 7 nitrogen and oxygen atoms in total. The third-order valence-corrected chi connectivity index (χ3v) is 12.7. The maximum atomic E-state index is 5.67. The van der Waals surface area contributed by atoms with Gasteiger partial charge in [0.25, 0.3) is 0 Å². The number of aromatic nitrogens is 7. The van der Waals surface area contributed by atoms with Crippen molar-refractivity contribution in [3.63, 3.8) is 0 Å². The van der Waals surface area contributed by atoms with E-state index in [1.807, 2.05) is 60.7 Å². The van der Waals surface area contributed by atoms with Gasteiger partial charge in [-0.15, -0.1) is 0 Å². The van der Waals surface area contributed by atoms with Crippen molar-refractivity contribution in [2.45, 2.75) is 0 Å². The van der Waals surface area contributed by atoms with Gasteiger partial charge in [0, 0.05) is 50.1 Å². The Morgan fingerprint density at radius 1 is 0.269 bits per heavy atom. The lowest BCUT2D eigenvalue weighted by atomic mass is 10.1. The van der Waals surface area contributed by atoms with E-state index >= 15 is 0 Å². The molecule has 13 rings (SSSR count). The first-order valence-corrected chi connectivity index (χ1v) is 22.5. The molecule has 7 heteroatoms. The van der Waals surface area contributed by atoms with E-state index in [2.05, 4.69) is 190 Å². The molecule has 0 saturated carbocycles. The van der Waals surface area contributed by atoms with Crippen LogP contribution in [0.25, 0.3) is 118 Å². The molecule has 0 saturated heterocycles. The summed E-state index contributed by atoms with van der Waals surface area (Å²) in [5.74, 6) is 2.67. The Kier molecular flexibility index (Phi) is 9.03. The minimum absolute atomic E-state index is 0.587. The average Bonchev–Trinajstić information content (AvgIpc) is 4.07. The molecular weight excluding hydrogens is 819 g/mol. The summed E-state index contributed by atoms with van der Waals surface area (Å²) in [4.78, 5) is 20.9. The van der Waals surface area contributed by atoms with Crippen LogP contribution in [0.15, 0.2) is 237 Å². The molecule has 67 heavy (non-hydrogen) atoms. The van der Waals surface area contributed by atoms with Gasteiger partial charge in [-0.25, -0.2) is 19.9 Å². The molecule has 13 aromatic rings. The Bertz CT molecular complexity index is 3870. The molecule has 0 fully saturated rings. The summed E-state index contributed by atoms with van der Waals surface area (Å²) in [6.45, 7) is 0.